The van der Waals surface area contributed by atoms with Crippen molar-refractivity contribution >= 4 is 11.5 Å². The lowest BCUT2D eigenvalue weighted by molar-refractivity contribution is -0.116. The number of carbonyl (C=O) groups is 1. The smallest absolute Gasteiger partial charge is 0.129 e. The standard InChI is InChI=1S/C6H11NO.C4H8O/c8-7-6-4-2-1-3-5-6;1-3-4(2)5/h8H,1-5H2;3H2,1-2H3. The zero-order valence-electron chi connectivity index (χ0n) is 8.55. The number of rotatable bonds is 1. The maximum absolute atomic E-state index is 9.81. The van der Waals surface area contributed by atoms with Crippen molar-refractivity contribution in [3.63, 3.8) is 0 Å². The van der Waals surface area contributed by atoms with Crippen LogP contribution >= 0.6 is 0 Å². The van der Waals surface area contributed by atoms with Gasteiger partial charge in [-0.25, -0.2) is 0 Å². The average molecular weight is 185 g/mol. The Morgan fingerprint density at radius 1 is 1.38 bits per heavy atom. The van der Waals surface area contributed by atoms with Crippen LogP contribution in [0.25, 0.3) is 0 Å². The Balaban J connectivity index is 0.000000252. The van der Waals surface area contributed by atoms with Crippen LogP contribution in [0, 0.1) is 0 Å². The quantitative estimate of drug-likeness (QED) is 0.504. The largest absolute Gasteiger partial charge is 0.411 e. The van der Waals surface area contributed by atoms with Gasteiger partial charge in [-0.3, -0.25) is 0 Å². The third-order valence-corrected chi connectivity index (χ3v) is 2.07. The molecule has 0 radical (unpaired) electrons. The SMILES string of the molecule is CCC(C)=O.ON=C1CCCCC1. The van der Waals surface area contributed by atoms with Crippen LogP contribution in [0.5, 0.6) is 0 Å². The van der Waals surface area contributed by atoms with E-state index in [1.165, 1.54) is 19.3 Å². The number of nitrogens with zero attached hydrogens (tertiary/aromatic N) is 1. The fourth-order valence-corrected chi connectivity index (χ4v) is 1.06. The van der Waals surface area contributed by atoms with Crippen molar-refractivity contribution in [2.75, 3.05) is 0 Å². The summed E-state index contributed by atoms with van der Waals surface area (Å²) in [6.07, 6.45) is 6.41. The van der Waals surface area contributed by atoms with Gasteiger partial charge in [0.05, 0.1) is 5.71 Å². The van der Waals surface area contributed by atoms with E-state index in [4.69, 9.17) is 5.21 Å². The summed E-state index contributed by atoms with van der Waals surface area (Å²) in [4.78, 5) is 9.81. The molecule has 1 fully saturated rings. The molecule has 76 valence electrons. The van der Waals surface area contributed by atoms with Crippen molar-refractivity contribution in [2.45, 2.75) is 52.4 Å². The number of hydrogen-bond donors (Lipinski definition) is 1. The maximum Gasteiger partial charge on any atom is 0.129 e. The molecule has 0 aromatic heterocycles. The van der Waals surface area contributed by atoms with Crippen LogP contribution in [0.1, 0.15) is 52.4 Å². The highest BCUT2D eigenvalue weighted by molar-refractivity contribution is 5.84. The van der Waals surface area contributed by atoms with Crippen LogP contribution in [-0.4, -0.2) is 16.7 Å². The summed E-state index contributed by atoms with van der Waals surface area (Å²) in [5, 5.41) is 11.4. The van der Waals surface area contributed by atoms with Crippen LogP contribution < -0.4 is 0 Å². The van der Waals surface area contributed by atoms with Gasteiger partial charge in [0.1, 0.15) is 5.78 Å². The Labute approximate surface area is 79.8 Å². The van der Waals surface area contributed by atoms with Gasteiger partial charge in [-0.2, -0.15) is 0 Å². The summed E-state index contributed by atoms with van der Waals surface area (Å²) in [7, 11) is 0. The topological polar surface area (TPSA) is 49.7 Å². The van der Waals surface area contributed by atoms with Crippen LogP contribution in [-0.2, 0) is 4.79 Å². The molecule has 0 aromatic rings. The lowest BCUT2D eigenvalue weighted by atomic mass is 9.99. The summed E-state index contributed by atoms with van der Waals surface area (Å²) in [5.74, 6) is 0.255. The summed E-state index contributed by atoms with van der Waals surface area (Å²) >= 11 is 0. The Morgan fingerprint density at radius 3 is 2.08 bits per heavy atom. The second-order valence-corrected chi connectivity index (χ2v) is 3.28. The zero-order chi connectivity index (χ0) is 10.1. The number of hydrogen-bond acceptors (Lipinski definition) is 3. The molecular weight excluding hydrogens is 166 g/mol. The number of oxime groups is 1. The fourth-order valence-electron chi connectivity index (χ4n) is 1.06. The average Bonchev–Trinajstić information content (AvgIpc) is 2.20. The summed E-state index contributed by atoms with van der Waals surface area (Å²) < 4.78 is 0. The van der Waals surface area contributed by atoms with Crippen molar-refractivity contribution < 1.29 is 10.0 Å². The van der Waals surface area contributed by atoms with Crippen LogP contribution in [0.4, 0.5) is 0 Å². The molecule has 3 nitrogen and oxygen atoms in total. The molecule has 0 spiro atoms. The van der Waals surface area contributed by atoms with E-state index >= 15 is 0 Å². The lowest BCUT2D eigenvalue weighted by Crippen LogP contribution is -2.03. The van der Waals surface area contributed by atoms with Crippen LogP contribution in [0.3, 0.4) is 0 Å². The first-order valence-electron chi connectivity index (χ1n) is 4.90. The minimum atomic E-state index is 0.255. The monoisotopic (exact) mass is 185 g/mol. The van der Waals surface area contributed by atoms with E-state index in [1.54, 1.807) is 6.92 Å². The molecule has 3 heteroatoms. The van der Waals surface area contributed by atoms with Gasteiger partial charge in [0.25, 0.3) is 0 Å². The summed E-state index contributed by atoms with van der Waals surface area (Å²) in [6, 6.07) is 0. The first-order chi connectivity index (χ1) is 6.20. The lowest BCUT2D eigenvalue weighted by Gasteiger charge is -2.08. The van der Waals surface area contributed by atoms with Crippen molar-refractivity contribution in [3.05, 3.63) is 0 Å². The number of ketones is 1. The minimum absolute atomic E-state index is 0.255. The molecule has 0 unspecified atom stereocenters. The molecule has 13 heavy (non-hydrogen) atoms. The predicted octanol–water partition coefficient (Wildman–Crippen LogP) is 2.77. The molecule has 0 amide bonds. The Bertz CT molecular complexity index is 168. The molecular formula is C10H19NO2. The van der Waals surface area contributed by atoms with Crippen molar-refractivity contribution in [2.24, 2.45) is 5.16 Å². The Hall–Kier alpha value is -0.860. The van der Waals surface area contributed by atoms with E-state index in [0.29, 0.717) is 6.42 Å². The maximum atomic E-state index is 9.81. The molecule has 1 saturated carbocycles. The second kappa shape index (κ2) is 7.77. The fraction of sp³-hybridized carbons (Fsp3) is 0.800. The van der Waals surface area contributed by atoms with E-state index in [1.807, 2.05) is 6.92 Å². The molecule has 0 aromatic carbocycles. The molecule has 1 aliphatic carbocycles. The van der Waals surface area contributed by atoms with Gasteiger partial charge in [0, 0.05) is 6.42 Å². The highest BCUT2D eigenvalue weighted by Gasteiger charge is 2.05. The van der Waals surface area contributed by atoms with Gasteiger partial charge in [-0.05, 0) is 32.6 Å². The molecule has 1 N–H and O–H groups in total. The van der Waals surface area contributed by atoms with Crippen LogP contribution in [0.2, 0.25) is 0 Å². The van der Waals surface area contributed by atoms with E-state index in [2.05, 4.69) is 5.16 Å². The predicted molar refractivity (Wildman–Crippen MR) is 53.3 cm³/mol. The molecule has 0 aliphatic heterocycles. The zero-order valence-corrected chi connectivity index (χ0v) is 8.55. The van der Waals surface area contributed by atoms with E-state index in [-0.39, 0.29) is 5.78 Å². The number of Topliss-reactive ketones (excluding diaryl/α,β-unsaturated/α-hetero) is 1. The van der Waals surface area contributed by atoms with E-state index < -0.39 is 0 Å². The van der Waals surface area contributed by atoms with E-state index in [9.17, 15) is 4.79 Å². The third kappa shape index (κ3) is 7.50. The summed E-state index contributed by atoms with van der Waals surface area (Å²) in [5.41, 5.74) is 0.983. The van der Waals surface area contributed by atoms with Gasteiger partial charge in [-0.1, -0.05) is 18.5 Å². The van der Waals surface area contributed by atoms with Crippen molar-refractivity contribution in [3.8, 4) is 0 Å². The van der Waals surface area contributed by atoms with Gasteiger partial charge in [0.15, 0.2) is 0 Å². The van der Waals surface area contributed by atoms with Crippen molar-refractivity contribution in [1.29, 1.82) is 0 Å². The molecule has 0 saturated heterocycles. The first kappa shape index (κ1) is 12.1. The van der Waals surface area contributed by atoms with Gasteiger partial charge in [0.2, 0.25) is 0 Å². The Morgan fingerprint density at radius 2 is 1.85 bits per heavy atom. The van der Waals surface area contributed by atoms with Gasteiger partial charge < -0.3 is 10.0 Å². The summed E-state index contributed by atoms with van der Waals surface area (Å²) in [6.45, 7) is 3.43. The number of carbonyl (C=O) groups excluding carboxylic acids is 1. The first-order valence-corrected chi connectivity index (χ1v) is 4.90. The second-order valence-electron chi connectivity index (χ2n) is 3.28. The normalized spacial score (nSPS) is 15.7. The van der Waals surface area contributed by atoms with E-state index in [0.717, 1.165) is 18.6 Å². The highest BCUT2D eigenvalue weighted by Crippen LogP contribution is 2.13. The molecule has 1 aliphatic rings. The molecule has 0 atom stereocenters. The van der Waals surface area contributed by atoms with Gasteiger partial charge >= 0.3 is 0 Å². The van der Waals surface area contributed by atoms with Gasteiger partial charge in [-0.15, -0.1) is 0 Å². The van der Waals surface area contributed by atoms with Crippen LogP contribution in [0.15, 0.2) is 5.16 Å². The molecule has 0 heterocycles. The molecule has 1 rings (SSSR count). The third-order valence-electron chi connectivity index (χ3n) is 2.07. The van der Waals surface area contributed by atoms with Crippen molar-refractivity contribution in [1.82, 2.24) is 0 Å². The minimum Gasteiger partial charge on any atom is -0.411 e. The highest BCUT2D eigenvalue weighted by atomic mass is 16.4. The Kier molecular flexibility index (Phi) is 7.26. The molecule has 0 bridgehead atoms.